The quantitative estimate of drug-likeness (QED) is 0.0455. The van der Waals surface area contributed by atoms with Crippen molar-refractivity contribution >= 4 is 73.8 Å². The second-order valence-electron chi connectivity index (χ2n) is 17.5. The first-order chi connectivity index (χ1) is 34.1. The molecule has 2 heterocycles. The van der Waals surface area contributed by atoms with Gasteiger partial charge < -0.3 is 69.0 Å². The Morgan fingerprint density at radius 3 is 1.96 bits per heavy atom. The summed E-state index contributed by atoms with van der Waals surface area (Å²) in [7, 11) is 2.06. The molecule has 0 bridgehead atoms. The van der Waals surface area contributed by atoms with Gasteiger partial charge in [0.2, 0.25) is 41.4 Å². The van der Waals surface area contributed by atoms with E-state index in [9.17, 15) is 48.9 Å². The van der Waals surface area contributed by atoms with Crippen LogP contribution >= 0.6 is 21.6 Å². The smallest absolute Gasteiger partial charge is 0.245 e. The fraction of sp³-hybridized carbons (Fsp3) is 0.449. The van der Waals surface area contributed by atoms with E-state index in [0.717, 1.165) is 38.1 Å². The summed E-state index contributed by atoms with van der Waals surface area (Å²) in [6.45, 7) is 2.23. The first-order valence-corrected chi connectivity index (χ1v) is 26.0. The number of carbonyl (C=O) groups is 7. The molecule has 15 N–H and O–H groups in total. The van der Waals surface area contributed by atoms with Crippen LogP contribution in [-0.4, -0.2) is 147 Å². The van der Waals surface area contributed by atoms with Gasteiger partial charge in [0.25, 0.3) is 0 Å². The normalized spacial score (nSPS) is 22.8. The molecule has 1 aliphatic rings. The van der Waals surface area contributed by atoms with Crippen LogP contribution in [0.25, 0.3) is 10.9 Å². The summed E-state index contributed by atoms with van der Waals surface area (Å²) < 4.78 is 0. The third-order valence-electron chi connectivity index (χ3n) is 11.9. The summed E-state index contributed by atoms with van der Waals surface area (Å²) in [4.78, 5) is 103. The van der Waals surface area contributed by atoms with Crippen LogP contribution in [0.2, 0.25) is 0 Å². The maximum absolute atomic E-state index is 14.7. The Bertz CT molecular complexity index is 2400. The average Bonchev–Trinajstić information content (AvgIpc) is 3.76. The Labute approximate surface area is 420 Å². The van der Waals surface area contributed by atoms with Gasteiger partial charge in [0, 0.05) is 41.4 Å². The van der Waals surface area contributed by atoms with E-state index in [1.54, 1.807) is 60.8 Å². The minimum absolute atomic E-state index is 0.0340. The second-order valence-corrected chi connectivity index (χ2v) is 20.0. The van der Waals surface area contributed by atoms with Crippen molar-refractivity contribution in [3.63, 3.8) is 0 Å². The zero-order valence-corrected chi connectivity index (χ0v) is 41.3. The number of benzene rings is 3. The van der Waals surface area contributed by atoms with Crippen LogP contribution in [0.5, 0.6) is 0 Å². The largest absolute Gasteiger partial charge is 0.394 e. The van der Waals surface area contributed by atoms with E-state index in [1.165, 1.54) is 13.8 Å². The number of hydrogen-bond acceptors (Lipinski definition) is 14. The number of amides is 7. The fourth-order valence-corrected chi connectivity index (χ4v) is 10.1. The molecule has 5 unspecified atom stereocenters. The number of aliphatic hydroxyl groups is 3. The van der Waals surface area contributed by atoms with Crippen molar-refractivity contribution in [3.05, 3.63) is 108 Å². The van der Waals surface area contributed by atoms with E-state index in [0.29, 0.717) is 24.0 Å². The van der Waals surface area contributed by atoms with Crippen molar-refractivity contribution in [2.45, 2.75) is 113 Å². The van der Waals surface area contributed by atoms with E-state index in [-0.39, 0.29) is 43.7 Å². The van der Waals surface area contributed by atoms with Crippen LogP contribution in [-0.2, 0) is 52.8 Å². The number of nitrogens with one attached hydrogen (secondary N) is 8. The Hall–Kier alpha value is -6.01. The van der Waals surface area contributed by atoms with Crippen LogP contribution in [0, 0.1) is 0 Å². The van der Waals surface area contributed by atoms with Crippen molar-refractivity contribution in [2.24, 2.45) is 11.5 Å². The summed E-state index contributed by atoms with van der Waals surface area (Å²) in [5, 5.41) is 50.5. The minimum atomic E-state index is -1.66. The van der Waals surface area contributed by atoms with Gasteiger partial charge >= 0.3 is 0 Å². The number of nitrogens with two attached hydrogens (primary N) is 2. The minimum Gasteiger partial charge on any atom is -0.394 e. The summed E-state index contributed by atoms with van der Waals surface area (Å²) >= 11 is 0. The number of para-hydroxylation sites is 1. The third-order valence-corrected chi connectivity index (χ3v) is 14.3. The fourth-order valence-electron chi connectivity index (χ4n) is 7.73. The van der Waals surface area contributed by atoms with Gasteiger partial charge in [-0.15, -0.1) is 0 Å². The molecule has 22 heteroatoms. The highest BCUT2D eigenvalue weighted by Crippen LogP contribution is 2.24. The first kappa shape index (κ1) is 55.9. The Balaban J connectivity index is 1.56. The summed E-state index contributed by atoms with van der Waals surface area (Å²) in [5.41, 5.74) is 15.0. The molecule has 71 heavy (non-hydrogen) atoms. The van der Waals surface area contributed by atoms with Gasteiger partial charge in [0.05, 0.1) is 30.9 Å². The lowest BCUT2D eigenvalue weighted by Crippen LogP contribution is -2.62. The monoisotopic (exact) mass is 1020 g/mol. The molecule has 1 aromatic heterocycles. The Morgan fingerprint density at radius 2 is 1.31 bits per heavy atom. The molecule has 0 saturated carbocycles. The number of carbonyl (C=O) groups excluding carboxylic acids is 7. The number of fused-ring (bicyclic) bond motifs is 1. The van der Waals surface area contributed by atoms with E-state index >= 15 is 0 Å². The Kier molecular flexibility index (Phi) is 22.2. The predicted molar refractivity (Wildman–Crippen MR) is 272 cm³/mol. The molecule has 1 saturated heterocycles. The standard InChI is InChI=1S/C49H66N10O10S2/c1-28(61)39(25-60)56-48(68)41-27-71-70-26-40(57-43(63)34(51)21-30-13-5-3-6-14-30)47(67)54-37(22-31-15-7-4-8-16-31)45(65)55-38(23-32-24-52-35-18-10-9-17-33(32)35)46(66)53-36(19-11-12-20-50)44(64)59-42(29(2)62)49(69)58-41/h3-10,13-18,24,28-29,34,36-42,52,60-62H,11-12,19-23,25-27,50-51H2,1-2H3,(H,53,66)(H,54,67)(H,55,65)(H,56,68)(H,57,63)(H,58,69)(H,59,64)/t28?,29-,34-,36+,37?,38-,39?,40+,41?,42?/m1/s1. The molecule has 1 fully saturated rings. The van der Waals surface area contributed by atoms with Gasteiger partial charge in [-0.3, -0.25) is 33.6 Å². The van der Waals surface area contributed by atoms with Gasteiger partial charge in [-0.05, 0) is 68.8 Å². The molecule has 3 aromatic carbocycles. The molecule has 10 atom stereocenters. The number of aromatic nitrogens is 1. The highest BCUT2D eigenvalue weighted by molar-refractivity contribution is 8.76. The maximum atomic E-state index is 14.7. The van der Waals surface area contributed by atoms with Crippen molar-refractivity contribution in [2.75, 3.05) is 24.7 Å². The number of aliphatic hydroxyl groups excluding tert-OH is 3. The van der Waals surface area contributed by atoms with Crippen molar-refractivity contribution in [1.29, 1.82) is 0 Å². The first-order valence-electron chi connectivity index (χ1n) is 23.5. The number of aromatic amines is 1. The lowest BCUT2D eigenvalue weighted by molar-refractivity contribution is -0.136. The SMILES string of the molecule is CC(O)C(CO)NC(=O)C1CSSC[C@H](NC(=O)[C@H](N)Cc2ccccc2)C(=O)NC(Cc2ccccc2)C(=O)N[C@H](Cc2c[nH]c3ccccc23)C(=O)N[C@@H](CCCCN)C(=O)NC([C@@H](C)O)C(=O)N1. The van der Waals surface area contributed by atoms with Crippen LogP contribution in [0.3, 0.4) is 0 Å². The molecule has 4 aromatic rings. The van der Waals surface area contributed by atoms with Gasteiger partial charge in [-0.25, -0.2) is 0 Å². The van der Waals surface area contributed by atoms with Crippen molar-refractivity contribution in [3.8, 4) is 0 Å². The summed E-state index contributed by atoms with van der Waals surface area (Å²) in [5.74, 6) is -6.01. The molecule has 1 aliphatic heterocycles. The highest BCUT2D eigenvalue weighted by atomic mass is 33.1. The Morgan fingerprint density at radius 1 is 0.718 bits per heavy atom. The van der Waals surface area contributed by atoms with E-state index in [1.807, 2.05) is 30.3 Å². The molecule has 384 valence electrons. The van der Waals surface area contributed by atoms with E-state index in [2.05, 4.69) is 42.2 Å². The molecule has 20 nitrogen and oxygen atoms in total. The molecule has 0 radical (unpaired) electrons. The topological polar surface area (TPSA) is 332 Å². The number of rotatable bonds is 17. The maximum Gasteiger partial charge on any atom is 0.245 e. The summed E-state index contributed by atoms with van der Waals surface area (Å²) in [6.07, 6.45) is -0.156. The predicted octanol–water partition coefficient (Wildman–Crippen LogP) is -0.805. The van der Waals surface area contributed by atoms with Crippen LogP contribution < -0.4 is 48.7 Å². The number of H-pyrrole nitrogens is 1. The molecule has 5 rings (SSSR count). The van der Waals surface area contributed by atoms with Crippen LogP contribution in [0.1, 0.15) is 49.8 Å². The second kappa shape index (κ2) is 28.1. The van der Waals surface area contributed by atoms with Crippen molar-refractivity contribution in [1.82, 2.24) is 42.2 Å². The zero-order chi connectivity index (χ0) is 51.5. The molecule has 0 spiro atoms. The summed E-state index contributed by atoms with van der Waals surface area (Å²) in [6, 6.07) is 14.6. The zero-order valence-electron chi connectivity index (χ0n) is 39.7. The van der Waals surface area contributed by atoms with Gasteiger partial charge in [-0.2, -0.15) is 0 Å². The molecule has 0 aliphatic carbocycles. The number of hydrogen-bond donors (Lipinski definition) is 13. The van der Waals surface area contributed by atoms with E-state index in [4.69, 9.17) is 11.5 Å². The van der Waals surface area contributed by atoms with Gasteiger partial charge in [0.1, 0.15) is 36.3 Å². The lowest BCUT2D eigenvalue weighted by Gasteiger charge is -2.29. The van der Waals surface area contributed by atoms with Crippen LogP contribution in [0.15, 0.2) is 91.1 Å². The molecular weight excluding hydrogens is 953 g/mol. The molecular formula is C49H66N10O10S2. The van der Waals surface area contributed by atoms with Gasteiger partial charge in [-0.1, -0.05) is 100 Å². The van der Waals surface area contributed by atoms with Crippen LogP contribution in [0.4, 0.5) is 0 Å². The highest BCUT2D eigenvalue weighted by Gasteiger charge is 2.36. The lowest BCUT2D eigenvalue weighted by atomic mass is 10.0. The molecule has 7 amide bonds. The number of unbranched alkanes of at least 4 members (excludes halogenated alkanes) is 1. The third kappa shape index (κ3) is 17.1. The average molecular weight is 1020 g/mol. The van der Waals surface area contributed by atoms with Gasteiger partial charge in [0.15, 0.2) is 0 Å². The van der Waals surface area contributed by atoms with Crippen molar-refractivity contribution < 1.29 is 48.9 Å². The van der Waals surface area contributed by atoms with E-state index < -0.39 is 108 Å².